The van der Waals surface area contributed by atoms with Gasteiger partial charge in [-0.15, -0.1) is 0 Å². The fourth-order valence-corrected chi connectivity index (χ4v) is 2.08. The standard InChI is InChI=1S/C16H14FN3/c1-20(2)16-8-7-11(10-18-16)15-9-13(17)12-5-3-4-6-14(12)19-15/h3-10H,1-2H3. The number of fused-ring (bicyclic) bond motifs is 1. The van der Waals surface area contributed by atoms with Crippen molar-refractivity contribution in [2.45, 2.75) is 0 Å². The van der Waals surface area contributed by atoms with Gasteiger partial charge in [-0.05, 0) is 24.3 Å². The quantitative estimate of drug-likeness (QED) is 0.711. The second-order valence-corrected chi connectivity index (χ2v) is 4.81. The number of anilines is 1. The van der Waals surface area contributed by atoms with Gasteiger partial charge < -0.3 is 4.90 Å². The molecule has 0 atom stereocenters. The summed E-state index contributed by atoms with van der Waals surface area (Å²) in [6.07, 6.45) is 1.71. The van der Waals surface area contributed by atoms with Gasteiger partial charge in [0, 0.05) is 37.3 Å². The van der Waals surface area contributed by atoms with E-state index in [1.54, 1.807) is 18.3 Å². The molecular weight excluding hydrogens is 253 g/mol. The summed E-state index contributed by atoms with van der Waals surface area (Å²) in [4.78, 5) is 10.7. The first-order valence-corrected chi connectivity index (χ1v) is 6.34. The third-order valence-corrected chi connectivity index (χ3v) is 3.17. The molecule has 0 radical (unpaired) electrons. The van der Waals surface area contributed by atoms with E-state index in [1.165, 1.54) is 6.07 Å². The number of rotatable bonds is 2. The summed E-state index contributed by atoms with van der Waals surface area (Å²) in [5.74, 6) is 0.595. The average molecular weight is 267 g/mol. The lowest BCUT2D eigenvalue weighted by Crippen LogP contribution is -2.10. The molecule has 0 unspecified atom stereocenters. The predicted octanol–water partition coefficient (Wildman–Crippen LogP) is 3.50. The van der Waals surface area contributed by atoms with Crippen LogP contribution in [0, 0.1) is 5.82 Å². The van der Waals surface area contributed by atoms with E-state index in [-0.39, 0.29) is 5.82 Å². The zero-order valence-electron chi connectivity index (χ0n) is 11.3. The summed E-state index contributed by atoms with van der Waals surface area (Å²) in [6, 6.07) is 12.4. The first-order chi connectivity index (χ1) is 9.65. The largest absolute Gasteiger partial charge is 0.363 e. The maximum absolute atomic E-state index is 14.1. The summed E-state index contributed by atoms with van der Waals surface area (Å²) >= 11 is 0. The molecule has 2 aromatic heterocycles. The van der Waals surface area contributed by atoms with Crippen molar-refractivity contribution in [2.24, 2.45) is 0 Å². The number of nitrogens with zero attached hydrogens (tertiary/aromatic N) is 3. The lowest BCUT2D eigenvalue weighted by Gasteiger charge is -2.11. The van der Waals surface area contributed by atoms with Crippen molar-refractivity contribution >= 4 is 16.7 Å². The monoisotopic (exact) mass is 267 g/mol. The molecule has 3 aromatic rings. The fourth-order valence-electron chi connectivity index (χ4n) is 2.08. The van der Waals surface area contributed by atoms with Gasteiger partial charge in [-0.3, -0.25) is 0 Å². The Morgan fingerprint density at radius 1 is 1.05 bits per heavy atom. The minimum absolute atomic E-state index is 0.262. The molecule has 20 heavy (non-hydrogen) atoms. The normalized spacial score (nSPS) is 10.8. The van der Waals surface area contributed by atoms with E-state index in [0.29, 0.717) is 16.6 Å². The number of aromatic nitrogens is 2. The zero-order chi connectivity index (χ0) is 14.1. The van der Waals surface area contributed by atoms with Crippen LogP contribution >= 0.6 is 0 Å². The van der Waals surface area contributed by atoms with Gasteiger partial charge >= 0.3 is 0 Å². The van der Waals surface area contributed by atoms with E-state index >= 15 is 0 Å². The van der Waals surface area contributed by atoms with Crippen molar-refractivity contribution in [2.75, 3.05) is 19.0 Å². The van der Waals surface area contributed by atoms with Crippen LogP contribution in [0.25, 0.3) is 22.2 Å². The van der Waals surface area contributed by atoms with Crippen molar-refractivity contribution in [3.63, 3.8) is 0 Å². The molecule has 0 aliphatic rings. The Morgan fingerprint density at radius 2 is 1.85 bits per heavy atom. The molecule has 2 heterocycles. The summed E-state index contributed by atoms with van der Waals surface area (Å²) in [5, 5.41) is 0.536. The molecule has 0 saturated heterocycles. The first-order valence-electron chi connectivity index (χ1n) is 6.34. The Hall–Kier alpha value is -2.49. The van der Waals surface area contributed by atoms with Crippen molar-refractivity contribution < 1.29 is 4.39 Å². The second kappa shape index (κ2) is 4.89. The highest BCUT2D eigenvalue weighted by Crippen LogP contribution is 2.24. The van der Waals surface area contributed by atoms with Crippen molar-refractivity contribution in [3.05, 3.63) is 54.5 Å². The molecule has 4 heteroatoms. The molecule has 0 aliphatic heterocycles. The van der Waals surface area contributed by atoms with Crippen LogP contribution < -0.4 is 4.90 Å². The van der Waals surface area contributed by atoms with Crippen molar-refractivity contribution in [1.82, 2.24) is 9.97 Å². The van der Waals surface area contributed by atoms with Gasteiger partial charge in [-0.1, -0.05) is 12.1 Å². The van der Waals surface area contributed by atoms with Crippen LogP contribution in [0.15, 0.2) is 48.7 Å². The molecule has 0 spiro atoms. The molecular formula is C16H14FN3. The highest BCUT2D eigenvalue weighted by Gasteiger charge is 2.07. The summed E-state index contributed by atoms with van der Waals surface area (Å²) in [5.41, 5.74) is 2.05. The summed E-state index contributed by atoms with van der Waals surface area (Å²) in [7, 11) is 3.85. The number of halogens is 1. The highest BCUT2D eigenvalue weighted by molar-refractivity contribution is 5.82. The third kappa shape index (κ3) is 2.20. The van der Waals surface area contributed by atoms with Crippen LogP contribution in [0.4, 0.5) is 10.2 Å². The smallest absolute Gasteiger partial charge is 0.134 e. The average Bonchev–Trinajstić information content (AvgIpc) is 2.47. The molecule has 1 aromatic carbocycles. The summed E-state index contributed by atoms with van der Waals surface area (Å²) in [6.45, 7) is 0. The fraction of sp³-hybridized carbons (Fsp3) is 0.125. The molecule has 0 fully saturated rings. The number of pyridine rings is 2. The van der Waals surface area contributed by atoms with Crippen LogP contribution in [0.5, 0.6) is 0 Å². The van der Waals surface area contributed by atoms with Gasteiger partial charge in [0.1, 0.15) is 11.6 Å². The first kappa shape index (κ1) is 12.5. The molecule has 100 valence electrons. The molecule has 3 rings (SSSR count). The SMILES string of the molecule is CN(C)c1ccc(-c2cc(F)c3ccccc3n2)cn1. The molecule has 0 saturated carbocycles. The van der Waals surface area contributed by atoms with Crippen molar-refractivity contribution in [1.29, 1.82) is 0 Å². The lowest BCUT2D eigenvalue weighted by molar-refractivity contribution is 0.639. The van der Waals surface area contributed by atoms with E-state index in [9.17, 15) is 4.39 Å². The van der Waals surface area contributed by atoms with Crippen LogP contribution in [0.1, 0.15) is 0 Å². The van der Waals surface area contributed by atoms with Gasteiger partial charge in [0.2, 0.25) is 0 Å². The van der Waals surface area contributed by atoms with Gasteiger partial charge in [-0.2, -0.15) is 0 Å². The van der Waals surface area contributed by atoms with Crippen molar-refractivity contribution in [3.8, 4) is 11.3 Å². The van der Waals surface area contributed by atoms with Crippen LogP contribution in [-0.2, 0) is 0 Å². The second-order valence-electron chi connectivity index (χ2n) is 4.81. The van der Waals surface area contributed by atoms with E-state index in [0.717, 1.165) is 11.4 Å². The van der Waals surface area contributed by atoms with E-state index in [1.807, 2.05) is 43.3 Å². The Morgan fingerprint density at radius 3 is 2.55 bits per heavy atom. The maximum Gasteiger partial charge on any atom is 0.134 e. The minimum Gasteiger partial charge on any atom is -0.363 e. The van der Waals surface area contributed by atoms with E-state index in [4.69, 9.17) is 0 Å². The van der Waals surface area contributed by atoms with E-state index in [2.05, 4.69) is 9.97 Å². The molecule has 0 amide bonds. The molecule has 3 nitrogen and oxygen atoms in total. The Bertz CT molecular complexity index is 751. The van der Waals surface area contributed by atoms with Gasteiger partial charge in [0.25, 0.3) is 0 Å². The Balaban J connectivity index is 2.10. The maximum atomic E-state index is 14.1. The van der Waals surface area contributed by atoms with Crippen LogP contribution in [0.3, 0.4) is 0 Å². The van der Waals surface area contributed by atoms with Gasteiger partial charge in [-0.25, -0.2) is 14.4 Å². The van der Waals surface area contributed by atoms with Crippen LogP contribution in [0.2, 0.25) is 0 Å². The zero-order valence-corrected chi connectivity index (χ0v) is 11.3. The third-order valence-electron chi connectivity index (χ3n) is 3.17. The van der Waals surface area contributed by atoms with E-state index < -0.39 is 0 Å². The topological polar surface area (TPSA) is 29.0 Å². The Labute approximate surface area is 116 Å². The molecule has 0 bridgehead atoms. The lowest BCUT2D eigenvalue weighted by atomic mass is 10.1. The molecule has 0 aliphatic carbocycles. The predicted molar refractivity (Wildman–Crippen MR) is 79.3 cm³/mol. The molecule has 0 N–H and O–H groups in total. The van der Waals surface area contributed by atoms with Gasteiger partial charge in [0.15, 0.2) is 0 Å². The minimum atomic E-state index is -0.262. The number of hydrogen-bond donors (Lipinski definition) is 0. The Kier molecular flexibility index (Phi) is 3.06. The summed E-state index contributed by atoms with van der Waals surface area (Å²) < 4.78 is 14.1. The number of hydrogen-bond acceptors (Lipinski definition) is 3. The highest BCUT2D eigenvalue weighted by atomic mass is 19.1. The number of para-hydroxylation sites is 1. The number of benzene rings is 1. The van der Waals surface area contributed by atoms with Crippen LogP contribution in [-0.4, -0.2) is 24.1 Å². The van der Waals surface area contributed by atoms with Gasteiger partial charge in [0.05, 0.1) is 11.2 Å².